The molecule has 1 N–H and O–H groups in total. The zero-order chi connectivity index (χ0) is 13.5. The Kier molecular flexibility index (Phi) is 8.03. The second-order valence-electron chi connectivity index (χ2n) is 4.46. The van der Waals surface area contributed by atoms with Crippen LogP contribution in [0.25, 0.3) is 0 Å². The summed E-state index contributed by atoms with van der Waals surface area (Å²) in [6.45, 7) is 6.35. The van der Waals surface area contributed by atoms with Crippen LogP contribution >= 0.6 is 43.2 Å². The van der Waals surface area contributed by atoms with Crippen molar-refractivity contribution < 1.29 is 4.74 Å². The van der Waals surface area contributed by atoms with E-state index in [1.807, 2.05) is 0 Å². The smallest absolute Gasteiger partial charge is 0.0843 e. The first kappa shape index (κ1) is 16.6. The molecule has 2 nitrogen and oxygen atoms in total. The molecule has 0 aliphatic heterocycles. The number of rotatable bonds is 8. The van der Waals surface area contributed by atoms with Crippen LogP contribution in [0, 0.1) is 5.92 Å². The number of hydrogen-bond donors (Lipinski definition) is 1. The molecule has 0 aliphatic carbocycles. The molecule has 1 aromatic heterocycles. The Morgan fingerprint density at radius 2 is 2.17 bits per heavy atom. The minimum Gasteiger partial charge on any atom is -0.385 e. The monoisotopic (exact) mass is 397 g/mol. The third-order valence-electron chi connectivity index (χ3n) is 2.93. The molecule has 1 aromatic rings. The van der Waals surface area contributed by atoms with Crippen molar-refractivity contribution in [2.24, 2.45) is 5.92 Å². The quantitative estimate of drug-likeness (QED) is 0.666. The third-order valence-corrected chi connectivity index (χ3v) is 6.27. The van der Waals surface area contributed by atoms with Gasteiger partial charge in [0.2, 0.25) is 0 Å². The van der Waals surface area contributed by atoms with Gasteiger partial charge in [0.1, 0.15) is 0 Å². The van der Waals surface area contributed by atoms with E-state index in [-0.39, 0.29) is 0 Å². The van der Waals surface area contributed by atoms with Crippen LogP contribution in [0.1, 0.15) is 37.6 Å². The predicted molar refractivity (Wildman–Crippen MR) is 86.4 cm³/mol. The molecule has 104 valence electrons. The van der Waals surface area contributed by atoms with Gasteiger partial charge in [-0.3, -0.25) is 0 Å². The standard InChI is InChI=1S/C13H21Br2NOS/c1-4-6-16-12(9(2)5-7-17-3)11-8-10(14)13(15)18-11/h8-9,12,16H,4-7H2,1-3H3. The van der Waals surface area contributed by atoms with E-state index < -0.39 is 0 Å². The summed E-state index contributed by atoms with van der Waals surface area (Å²) in [5.41, 5.74) is 0. The minimum atomic E-state index is 0.410. The average Bonchev–Trinajstić information content (AvgIpc) is 2.67. The molecule has 0 spiro atoms. The molecule has 0 saturated carbocycles. The van der Waals surface area contributed by atoms with Crippen LogP contribution in [0.15, 0.2) is 14.3 Å². The van der Waals surface area contributed by atoms with E-state index in [9.17, 15) is 0 Å². The van der Waals surface area contributed by atoms with Crippen molar-refractivity contribution in [1.29, 1.82) is 0 Å². The number of hydrogen-bond acceptors (Lipinski definition) is 3. The highest BCUT2D eigenvalue weighted by atomic mass is 79.9. The molecule has 0 aliphatic rings. The molecule has 2 atom stereocenters. The number of thiophene rings is 1. The lowest BCUT2D eigenvalue weighted by Crippen LogP contribution is -2.27. The van der Waals surface area contributed by atoms with E-state index in [0.717, 1.165) is 30.5 Å². The van der Waals surface area contributed by atoms with E-state index in [1.165, 1.54) is 8.66 Å². The molecular formula is C13H21Br2NOS. The maximum Gasteiger partial charge on any atom is 0.0843 e. The molecule has 0 bridgehead atoms. The Hall–Kier alpha value is 0.580. The van der Waals surface area contributed by atoms with Gasteiger partial charge in [0.05, 0.1) is 3.79 Å². The first-order valence-corrected chi connectivity index (χ1v) is 8.67. The lowest BCUT2D eigenvalue weighted by atomic mass is 9.97. The Labute approximate surface area is 131 Å². The van der Waals surface area contributed by atoms with Gasteiger partial charge in [-0.05, 0) is 63.2 Å². The lowest BCUT2D eigenvalue weighted by Gasteiger charge is -2.24. The van der Waals surface area contributed by atoms with Crippen LogP contribution in [0.3, 0.4) is 0 Å². The van der Waals surface area contributed by atoms with Crippen molar-refractivity contribution >= 4 is 43.2 Å². The molecule has 2 unspecified atom stereocenters. The summed E-state index contributed by atoms with van der Waals surface area (Å²) < 4.78 is 7.50. The van der Waals surface area contributed by atoms with Crippen molar-refractivity contribution in [3.63, 3.8) is 0 Å². The Morgan fingerprint density at radius 1 is 1.44 bits per heavy atom. The summed E-state index contributed by atoms with van der Waals surface area (Å²) in [7, 11) is 1.76. The van der Waals surface area contributed by atoms with Crippen LogP contribution in [0.4, 0.5) is 0 Å². The summed E-state index contributed by atoms with van der Waals surface area (Å²) in [5.74, 6) is 0.564. The van der Waals surface area contributed by atoms with Crippen molar-refractivity contribution in [1.82, 2.24) is 5.32 Å². The number of halogens is 2. The average molecular weight is 399 g/mol. The molecule has 1 heterocycles. The van der Waals surface area contributed by atoms with Crippen LogP contribution in [0.5, 0.6) is 0 Å². The van der Waals surface area contributed by atoms with Crippen molar-refractivity contribution in [3.05, 3.63) is 19.2 Å². The summed E-state index contributed by atoms with van der Waals surface area (Å²) >= 11 is 8.94. The Balaban J connectivity index is 2.76. The van der Waals surface area contributed by atoms with Gasteiger partial charge in [-0.1, -0.05) is 13.8 Å². The zero-order valence-corrected chi connectivity index (χ0v) is 15.1. The molecule has 1 rings (SSSR count). The summed E-state index contributed by atoms with van der Waals surface area (Å²) in [6.07, 6.45) is 2.23. The molecule has 0 amide bonds. The molecular weight excluding hydrogens is 378 g/mol. The van der Waals surface area contributed by atoms with E-state index in [2.05, 4.69) is 57.1 Å². The highest BCUT2D eigenvalue weighted by Crippen LogP contribution is 2.38. The lowest BCUT2D eigenvalue weighted by molar-refractivity contribution is 0.170. The zero-order valence-electron chi connectivity index (χ0n) is 11.1. The maximum absolute atomic E-state index is 5.19. The molecule has 18 heavy (non-hydrogen) atoms. The summed E-state index contributed by atoms with van der Waals surface area (Å²) in [6, 6.07) is 2.62. The van der Waals surface area contributed by atoms with Gasteiger partial charge in [0.25, 0.3) is 0 Å². The van der Waals surface area contributed by atoms with Crippen LogP contribution < -0.4 is 5.32 Å². The second-order valence-corrected chi connectivity index (χ2v) is 7.72. The first-order chi connectivity index (χ1) is 8.60. The van der Waals surface area contributed by atoms with E-state index in [1.54, 1.807) is 18.4 Å². The highest BCUT2D eigenvalue weighted by molar-refractivity contribution is 9.13. The van der Waals surface area contributed by atoms with Gasteiger partial charge in [-0.2, -0.15) is 0 Å². The van der Waals surface area contributed by atoms with E-state index in [0.29, 0.717) is 12.0 Å². The van der Waals surface area contributed by atoms with Gasteiger partial charge in [-0.25, -0.2) is 0 Å². The topological polar surface area (TPSA) is 21.3 Å². The maximum atomic E-state index is 5.19. The molecule has 5 heteroatoms. The largest absolute Gasteiger partial charge is 0.385 e. The summed E-state index contributed by atoms with van der Waals surface area (Å²) in [5, 5.41) is 3.65. The normalized spacial score (nSPS) is 14.7. The fourth-order valence-corrected chi connectivity index (χ4v) is 4.17. The Morgan fingerprint density at radius 3 is 2.67 bits per heavy atom. The molecule has 0 aromatic carbocycles. The number of nitrogens with one attached hydrogen (secondary N) is 1. The fourth-order valence-electron chi connectivity index (χ4n) is 1.87. The van der Waals surface area contributed by atoms with Gasteiger partial charge in [0, 0.05) is 29.1 Å². The van der Waals surface area contributed by atoms with E-state index >= 15 is 0 Å². The second kappa shape index (κ2) is 8.69. The number of methoxy groups -OCH3 is 1. The molecule has 0 fully saturated rings. The van der Waals surface area contributed by atoms with Crippen LogP contribution in [0.2, 0.25) is 0 Å². The van der Waals surface area contributed by atoms with Crippen molar-refractivity contribution in [2.75, 3.05) is 20.3 Å². The molecule has 0 saturated heterocycles. The van der Waals surface area contributed by atoms with Gasteiger partial charge in [-0.15, -0.1) is 11.3 Å². The minimum absolute atomic E-state index is 0.410. The van der Waals surface area contributed by atoms with Gasteiger partial charge >= 0.3 is 0 Å². The van der Waals surface area contributed by atoms with Gasteiger partial charge in [0.15, 0.2) is 0 Å². The van der Waals surface area contributed by atoms with E-state index in [4.69, 9.17) is 4.74 Å². The number of ether oxygens (including phenoxy) is 1. The highest BCUT2D eigenvalue weighted by Gasteiger charge is 2.21. The van der Waals surface area contributed by atoms with Gasteiger partial charge < -0.3 is 10.1 Å². The van der Waals surface area contributed by atoms with Crippen LogP contribution in [-0.2, 0) is 4.74 Å². The van der Waals surface area contributed by atoms with Crippen LogP contribution in [-0.4, -0.2) is 20.3 Å². The first-order valence-electron chi connectivity index (χ1n) is 6.27. The Bertz CT molecular complexity index is 337. The third kappa shape index (κ3) is 4.93. The fraction of sp³-hybridized carbons (Fsp3) is 0.692. The molecule has 0 radical (unpaired) electrons. The SMILES string of the molecule is CCCNC(c1cc(Br)c(Br)s1)C(C)CCOC. The van der Waals surface area contributed by atoms with Crippen molar-refractivity contribution in [2.45, 2.75) is 32.7 Å². The predicted octanol–water partition coefficient (Wildman–Crippen LogP) is 4.99. The van der Waals surface area contributed by atoms with Crippen molar-refractivity contribution in [3.8, 4) is 0 Å². The summed E-state index contributed by atoms with van der Waals surface area (Å²) in [4.78, 5) is 1.38.